The molecule has 1 aliphatic heterocycles. The standard InChI is InChI=1S/C20H33N3O2.HI/c1-3-21-19(23-17-20(2)12-7-15-25-20)22-13-8-14-24-16-11-18-9-5-4-6-10-18;/h4-6,9-10H,3,7-8,11-17H2,1-2H3,(H2,21,22,23);1H. The molecule has 6 heteroatoms. The molecule has 148 valence electrons. The van der Waals surface area contributed by atoms with Crippen molar-refractivity contribution in [1.82, 2.24) is 10.6 Å². The van der Waals surface area contributed by atoms with Crippen molar-refractivity contribution in [2.45, 2.75) is 45.1 Å². The zero-order chi connectivity index (χ0) is 17.8. The van der Waals surface area contributed by atoms with E-state index >= 15 is 0 Å². The molecule has 5 nitrogen and oxygen atoms in total. The van der Waals surface area contributed by atoms with Crippen molar-refractivity contribution in [1.29, 1.82) is 0 Å². The van der Waals surface area contributed by atoms with E-state index < -0.39 is 0 Å². The molecule has 1 aromatic rings. The number of ether oxygens (including phenoxy) is 2. The van der Waals surface area contributed by atoms with Crippen molar-refractivity contribution in [3.05, 3.63) is 35.9 Å². The van der Waals surface area contributed by atoms with Crippen molar-refractivity contribution < 1.29 is 9.47 Å². The van der Waals surface area contributed by atoms with Crippen LogP contribution < -0.4 is 10.6 Å². The first kappa shape index (κ1) is 23.2. The molecule has 0 radical (unpaired) electrons. The smallest absolute Gasteiger partial charge is 0.191 e. The van der Waals surface area contributed by atoms with E-state index in [1.54, 1.807) is 0 Å². The second-order valence-electron chi connectivity index (χ2n) is 6.73. The number of rotatable bonds is 10. The number of benzene rings is 1. The molecule has 1 fully saturated rings. The lowest BCUT2D eigenvalue weighted by Gasteiger charge is -2.21. The molecule has 1 atom stereocenters. The van der Waals surface area contributed by atoms with E-state index in [0.717, 1.165) is 64.6 Å². The minimum Gasteiger partial charge on any atom is -0.381 e. The second-order valence-corrected chi connectivity index (χ2v) is 6.73. The van der Waals surface area contributed by atoms with Crippen LogP contribution in [-0.4, -0.2) is 51.0 Å². The van der Waals surface area contributed by atoms with Crippen LogP contribution in [0.3, 0.4) is 0 Å². The van der Waals surface area contributed by atoms with Gasteiger partial charge in [0.2, 0.25) is 0 Å². The van der Waals surface area contributed by atoms with Crippen molar-refractivity contribution in [2.24, 2.45) is 4.99 Å². The number of halogens is 1. The van der Waals surface area contributed by atoms with Crippen molar-refractivity contribution in [2.75, 3.05) is 39.5 Å². The van der Waals surface area contributed by atoms with Gasteiger partial charge in [-0.15, -0.1) is 24.0 Å². The highest BCUT2D eigenvalue weighted by atomic mass is 127. The second kappa shape index (κ2) is 13.3. The van der Waals surface area contributed by atoms with E-state index in [1.165, 1.54) is 5.56 Å². The van der Waals surface area contributed by atoms with E-state index in [4.69, 9.17) is 9.47 Å². The van der Waals surface area contributed by atoms with Crippen LogP contribution >= 0.6 is 24.0 Å². The van der Waals surface area contributed by atoms with Gasteiger partial charge in [-0.2, -0.15) is 0 Å². The normalized spacial score (nSPS) is 19.8. The van der Waals surface area contributed by atoms with E-state index in [2.05, 4.69) is 53.7 Å². The van der Waals surface area contributed by atoms with Crippen LogP contribution in [0.1, 0.15) is 38.7 Å². The van der Waals surface area contributed by atoms with Gasteiger partial charge in [0.15, 0.2) is 5.96 Å². The summed E-state index contributed by atoms with van der Waals surface area (Å²) in [7, 11) is 0. The predicted molar refractivity (Wildman–Crippen MR) is 119 cm³/mol. The molecule has 1 heterocycles. The van der Waals surface area contributed by atoms with Crippen molar-refractivity contribution >= 4 is 29.9 Å². The number of nitrogens with zero attached hydrogens (tertiary/aromatic N) is 1. The van der Waals surface area contributed by atoms with Gasteiger partial charge in [-0.1, -0.05) is 30.3 Å². The largest absolute Gasteiger partial charge is 0.381 e. The Hall–Kier alpha value is -0.860. The zero-order valence-electron chi connectivity index (χ0n) is 16.1. The average molecular weight is 475 g/mol. The van der Waals surface area contributed by atoms with Gasteiger partial charge < -0.3 is 20.1 Å². The van der Waals surface area contributed by atoms with E-state index in [0.29, 0.717) is 6.54 Å². The summed E-state index contributed by atoms with van der Waals surface area (Å²) in [5.41, 5.74) is 1.23. The minimum absolute atomic E-state index is 0. The van der Waals surface area contributed by atoms with Gasteiger partial charge in [0, 0.05) is 26.3 Å². The van der Waals surface area contributed by atoms with Crippen LogP contribution in [0.2, 0.25) is 0 Å². The molecule has 0 spiro atoms. The van der Waals surface area contributed by atoms with Gasteiger partial charge in [0.25, 0.3) is 0 Å². The van der Waals surface area contributed by atoms with Gasteiger partial charge in [-0.3, -0.25) is 4.99 Å². The molecular formula is C20H34IN3O2. The Labute approximate surface area is 175 Å². The van der Waals surface area contributed by atoms with Crippen LogP contribution in [0.5, 0.6) is 0 Å². The summed E-state index contributed by atoms with van der Waals surface area (Å²) in [6, 6.07) is 10.5. The predicted octanol–water partition coefficient (Wildman–Crippen LogP) is 3.38. The molecule has 2 N–H and O–H groups in total. The SMILES string of the molecule is CCNC(=NCC1(C)CCCO1)NCCCOCCc1ccccc1.I. The van der Waals surface area contributed by atoms with Crippen LogP contribution in [-0.2, 0) is 15.9 Å². The van der Waals surface area contributed by atoms with Crippen LogP contribution in [0.25, 0.3) is 0 Å². The molecule has 1 saturated heterocycles. The van der Waals surface area contributed by atoms with Gasteiger partial charge in [-0.05, 0) is 45.1 Å². The molecule has 0 aliphatic carbocycles. The minimum atomic E-state index is -0.0943. The molecule has 0 aromatic heterocycles. The van der Waals surface area contributed by atoms with Crippen LogP contribution in [0.4, 0.5) is 0 Å². The fourth-order valence-electron chi connectivity index (χ4n) is 2.87. The third-order valence-electron chi connectivity index (χ3n) is 4.35. The molecule has 1 aromatic carbocycles. The number of aliphatic imine (C=N–C) groups is 1. The quantitative estimate of drug-likeness (QED) is 0.236. The summed E-state index contributed by atoms with van der Waals surface area (Å²) in [4.78, 5) is 4.67. The molecule has 0 bridgehead atoms. The zero-order valence-corrected chi connectivity index (χ0v) is 18.5. The Kier molecular flexibility index (Phi) is 11.9. The number of hydrogen-bond donors (Lipinski definition) is 2. The monoisotopic (exact) mass is 475 g/mol. The Bertz CT molecular complexity index is 505. The Morgan fingerprint density at radius 1 is 1.23 bits per heavy atom. The first-order valence-electron chi connectivity index (χ1n) is 9.50. The highest BCUT2D eigenvalue weighted by molar-refractivity contribution is 14.0. The number of guanidine groups is 1. The number of nitrogens with one attached hydrogen (secondary N) is 2. The summed E-state index contributed by atoms with van der Waals surface area (Å²) >= 11 is 0. The lowest BCUT2D eigenvalue weighted by atomic mass is 10.0. The van der Waals surface area contributed by atoms with Gasteiger partial charge >= 0.3 is 0 Å². The van der Waals surface area contributed by atoms with E-state index in [1.807, 2.05) is 6.07 Å². The molecular weight excluding hydrogens is 441 g/mol. The summed E-state index contributed by atoms with van der Waals surface area (Å²) in [5.74, 6) is 0.864. The lowest BCUT2D eigenvalue weighted by molar-refractivity contribution is 0.0283. The van der Waals surface area contributed by atoms with Gasteiger partial charge in [0.05, 0.1) is 18.8 Å². The Balaban J connectivity index is 0.00000338. The van der Waals surface area contributed by atoms with Gasteiger partial charge in [-0.25, -0.2) is 0 Å². The average Bonchev–Trinajstić information content (AvgIpc) is 3.06. The molecule has 1 aliphatic rings. The first-order chi connectivity index (χ1) is 12.2. The lowest BCUT2D eigenvalue weighted by Crippen LogP contribution is -2.39. The summed E-state index contributed by atoms with van der Waals surface area (Å²) in [6.07, 6.45) is 4.16. The molecule has 0 saturated carbocycles. The fourth-order valence-corrected chi connectivity index (χ4v) is 2.87. The van der Waals surface area contributed by atoms with Crippen molar-refractivity contribution in [3.63, 3.8) is 0 Å². The number of hydrogen-bond acceptors (Lipinski definition) is 3. The van der Waals surface area contributed by atoms with Gasteiger partial charge in [0.1, 0.15) is 0 Å². The summed E-state index contributed by atoms with van der Waals surface area (Å²) < 4.78 is 11.5. The van der Waals surface area contributed by atoms with E-state index in [9.17, 15) is 0 Å². The Morgan fingerprint density at radius 3 is 2.73 bits per heavy atom. The molecule has 1 unspecified atom stereocenters. The molecule has 26 heavy (non-hydrogen) atoms. The molecule has 0 amide bonds. The molecule has 2 rings (SSSR count). The Morgan fingerprint density at radius 2 is 2.04 bits per heavy atom. The third-order valence-corrected chi connectivity index (χ3v) is 4.35. The summed E-state index contributed by atoms with van der Waals surface area (Å²) in [5, 5.41) is 6.66. The van der Waals surface area contributed by atoms with Crippen LogP contribution in [0, 0.1) is 0 Å². The van der Waals surface area contributed by atoms with E-state index in [-0.39, 0.29) is 29.6 Å². The third kappa shape index (κ3) is 9.19. The first-order valence-corrected chi connectivity index (χ1v) is 9.50. The maximum absolute atomic E-state index is 5.79. The fraction of sp³-hybridized carbons (Fsp3) is 0.650. The maximum atomic E-state index is 5.79. The summed E-state index contributed by atoms with van der Waals surface area (Å²) in [6.45, 7) is 9.04. The highest BCUT2D eigenvalue weighted by Gasteiger charge is 2.29. The topological polar surface area (TPSA) is 54.9 Å². The van der Waals surface area contributed by atoms with Crippen LogP contribution in [0.15, 0.2) is 35.3 Å². The maximum Gasteiger partial charge on any atom is 0.191 e. The highest BCUT2D eigenvalue weighted by Crippen LogP contribution is 2.24. The van der Waals surface area contributed by atoms with Crippen molar-refractivity contribution in [3.8, 4) is 0 Å².